The number of rotatable bonds is 5. The van der Waals surface area contributed by atoms with Crippen LogP contribution in [-0.4, -0.2) is 42.1 Å². The zero-order chi connectivity index (χ0) is 17.0. The van der Waals surface area contributed by atoms with E-state index in [1.807, 2.05) is 0 Å². The molecule has 0 unspecified atom stereocenters. The molecule has 0 spiro atoms. The van der Waals surface area contributed by atoms with E-state index in [1.54, 1.807) is 19.1 Å². The topological polar surface area (TPSA) is 83.8 Å². The number of hydrogen-bond acceptors (Lipinski definition) is 4. The predicted octanol–water partition coefficient (Wildman–Crippen LogP) is 2.71. The van der Waals surface area contributed by atoms with Crippen LogP contribution in [0.25, 0.3) is 0 Å². The van der Waals surface area contributed by atoms with Crippen LogP contribution in [0.2, 0.25) is 0 Å². The highest BCUT2D eigenvalue weighted by atomic mass is 32.2. The van der Waals surface area contributed by atoms with Gasteiger partial charge in [0.05, 0.1) is 4.92 Å². The molecule has 7 nitrogen and oxygen atoms in total. The predicted molar refractivity (Wildman–Crippen MR) is 88.2 cm³/mol. The van der Waals surface area contributed by atoms with E-state index in [0.717, 1.165) is 25.7 Å². The van der Waals surface area contributed by atoms with Crippen LogP contribution in [0.5, 0.6) is 0 Å². The summed E-state index contributed by atoms with van der Waals surface area (Å²) >= 11 is 0. The number of nitro groups is 1. The van der Waals surface area contributed by atoms with Crippen LogP contribution in [0.4, 0.5) is 5.69 Å². The number of non-ortho nitro benzene ring substituents is 1. The third-order valence-corrected chi connectivity index (χ3v) is 6.43. The van der Waals surface area contributed by atoms with Crippen LogP contribution in [0, 0.1) is 10.1 Å². The molecule has 0 amide bonds. The van der Waals surface area contributed by atoms with Gasteiger partial charge in [0.25, 0.3) is 15.9 Å². The molecule has 0 saturated carbocycles. The van der Waals surface area contributed by atoms with Gasteiger partial charge >= 0.3 is 0 Å². The summed E-state index contributed by atoms with van der Waals surface area (Å²) in [6.07, 6.45) is 3.85. The molecule has 1 aromatic rings. The van der Waals surface area contributed by atoms with Crippen molar-refractivity contribution in [3.05, 3.63) is 39.9 Å². The van der Waals surface area contributed by atoms with Gasteiger partial charge in [0, 0.05) is 38.3 Å². The zero-order valence-electron chi connectivity index (χ0n) is 13.5. The maximum atomic E-state index is 12.8. The summed E-state index contributed by atoms with van der Waals surface area (Å²) in [5.41, 5.74) is 0.579. The summed E-state index contributed by atoms with van der Waals surface area (Å²) in [6.45, 7) is 2.82. The largest absolute Gasteiger partial charge is 0.282 e. The standard InChI is InChI=1S/C15H23N3O4S/c1-13(14-8-7-9-15(12-14)18(19)20)16(2)23(21,22)17-10-5-3-4-6-11-17/h7-9,12-13H,3-6,10-11H2,1-2H3/t13-/m0/s1. The fourth-order valence-corrected chi connectivity index (χ4v) is 4.37. The van der Waals surface area contributed by atoms with E-state index in [4.69, 9.17) is 0 Å². The van der Waals surface area contributed by atoms with Gasteiger partial charge in [-0.05, 0) is 25.3 Å². The Kier molecular flexibility index (Phi) is 5.72. The second-order valence-electron chi connectivity index (χ2n) is 5.87. The van der Waals surface area contributed by atoms with E-state index in [-0.39, 0.29) is 5.69 Å². The maximum Gasteiger partial charge on any atom is 0.282 e. The Hall–Kier alpha value is -1.51. The fraction of sp³-hybridized carbons (Fsp3) is 0.600. The quantitative estimate of drug-likeness (QED) is 0.609. The smallest absolute Gasteiger partial charge is 0.258 e. The molecule has 0 bridgehead atoms. The Bertz CT molecular complexity index is 654. The summed E-state index contributed by atoms with van der Waals surface area (Å²) < 4.78 is 28.4. The van der Waals surface area contributed by atoms with E-state index >= 15 is 0 Å². The number of nitro benzene ring substituents is 1. The lowest BCUT2D eigenvalue weighted by molar-refractivity contribution is -0.384. The monoisotopic (exact) mass is 341 g/mol. The second-order valence-corrected chi connectivity index (χ2v) is 7.85. The first-order chi connectivity index (χ1) is 10.8. The van der Waals surface area contributed by atoms with Gasteiger partial charge in [0.2, 0.25) is 0 Å². The van der Waals surface area contributed by atoms with Gasteiger partial charge in [-0.3, -0.25) is 10.1 Å². The highest BCUT2D eigenvalue weighted by Gasteiger charge is 2.31. The first-order valence-electron chi connectivity index (χ1n) is 7.81. The van der Waals surface area contributed by atoms with Crippen molar-refractivity contribution < 1.29 is 13.3 Å². The Labute approximate surface area is 137 Å². The van der Waals surface area contributed by atoms with Crippen LogP contribution in [0.15, 0.2) is 24.3 Å². The fourth-order valence-electron chi connectivity index (χ4n) is 2.76. The Morgan fingerprint density at radius 2 is 1.83 bits per heavy atom. The molecule has 23 heavy (non-hydrogen) atoms. The van der Waals surface area contributed by atoms with Crippen LogP contribution in [-0.2, 0) is 10.2 Å². The van der Waals surface area contributed by atoms with Crippen molar-refractivity contribution in [1.29, 1.82) is 0 Å². The Morgan fingerprint density at radius 3 is 2.39 bits per heavy atom. The summed E-state index contributed by atoms with van der Waals surface area (Å²) in [5, 5.41) is 10.9. The molecule has 8 heteroatoms. The molecular weight excluding hydrogens is 318 g/mol. The molecule has 128 valence electrons. The number of nitrogens with zero attached hydrogens (tertiary/aromatic N) is 3. The molecule has 1 heterocycles. The Morgan fingerprint density at radius 1 is 1.22 bits per heavy atom. The molecule has 0 aromatic heterocycles. The highest BCUT2D eigenvalue weighted by Crippen LogP contribution is 2.27. The normalized spacial score (nSPS) is 18.6. The first kappa shape index (κ1) is 17.8. The third-order valence-electron chi connectivity index (χ3n) is 4.36. The van der Waals surface area contributed by atoms with Gasteiger partial charge in [0.1, 0.15) is 0 Å². The van der Waals surface area contributed by atoms with Gasteiger partial charge in [0.15, 0.2) is 0 Å². The van der Waals surface area contributed by atoms with Gasteiger partial charge < -0.3 is 0 Å². The van der Waals surface area contributed by atoms with E-state index < -0.39 is 21.2 Å². The SMILES string of the molecule is C[C@@H](c1cccc([N+](=O)[O-])c1)N(C)S(=O)(=O)N1CCCCCC1. The second kappa shape index (κ2) is 7.37. The van der Waals surface area contributed by atoms with Crippen molar-refractivity contribution in [2.45, 2.75) is 38.6 Å². The lowest BCUT2D eigenvalue weighted by Crippen LogP contribution is -2.43. The highest BCUT2D eigenvalue weighted by molar-refractivity contribution is 7.86. The van der Waals surface area contributed by atoms with Crippen molar-refractivity contribution in [1.82, 2.24) is 8.61 Å². The molecule has 0 aliphatic carbocycles. The minimum atomic E-state index is -3.57. The van der Waals surface area contributed by atoms with Crippen LogP contribution >= 0.6 is 0 Å². The zero-order valence-corrected chi connectivity index (χ0v) is 14.3. The van der Waals surface area contributed by atoms with E-state index in [0.29, 0.717) is 18.7 Å². The number of hydrogen-bond donors (Lipinski definition) is 0. The van der Waals surface area contributed by atoms with E-state index in [1.165, 1.54) is 27.8 Å². The van der Waals surface area contributed by atoms with Gasteiger partial charge in [-0.1, -0.05) is 25.0 Å². The van der Waals surface area contributed by atoms with Crippen molar-refractivity contribution in [3.63, 3.8) is 0 Å². The minimum Gasteiger partial charge on any atom is -0.258 e. The average Bonchev–Trinajstić information content (AvgIpc) is 2.83. The Balaban J connectivity index is 2.22. The molecular formula is C15H23N3O4S. The van der Waals surface area contributed by atoms with Crippen molar-refractivity contribution >= 4 is 15.9 Å². The minimum absolute atomic E-state index is 0.0325. The molecule has 0 radical (unpaired) electrons. The lowest BCUT2D eigenvalue weighted by atomic mass is 10.1. The molecule has 1 aliphatic rings. The molecule has 1 saturated heterocycles. The van der Waals surface area contributed by atoms with Crippen molar-refractivity contribution in [3.8, 4) is 0 Å². The van der Waals surface area contributed by atoms with Crippen molar-refractivity contribution in [2.24, 2.45) is 0 Å². The molecule has 1 fully saturated rings. The van der Waals surface area contributed by atoms with Gasteiger partial charge in [-0.15, -0.1) is 0 Å². The van der Waals surface area contributed by atoms with Crippen LogP contribution in [0.3, 0.4) is 0 Å². The van der Waals surface area contributed by atoms with Crippen molar-refractivity contribution in [2.75, 3.05) is 20.1 Å². The molecule has 1 aliphatic heterocycles. The van der Waals surface area contributed by atoms with Gasteiger partial charge in [-0.25, -0.2) is 0 Å². The molecule has 1 aromatic carbocycles. The van der Waals surface area contributed by atoms with E-state index in [9.17, 15) is 18.5 Å². The van der Waals surface area contributed by atoms with Crippen LogP contribution in [0.1, 0.15) is 44.2 Å². The summed E-state index contributed by atoms with van der Waals surface area (Å²) in [4.78, 5) is 10.4. The first-order valence-corrected chi connectivity index (χ1v) is 9.21. The van der Waals surface area contributed by atoms with Gasteiger partial charge in [-0.2, -0.15) is 17.0 Å². The van der Waals surface area contributed by atoms with E-state index in [2.05, 4.69) is 0 Å². The average molecular weight is 341 g/mol. The van der Waals surface area contributed by atoms with Crippen LogP contribution < -0.4 is 0 Å². The maximum absolute atomic E-state index is 12.8. The third kappa shape index (κ3) is 4.07. The summed E-state index contributed by atoms with van der Waals surface area (Å²) in [6, 6.07) is 5.66. The lowest BCUT2D eigenvalue weighted by Gasteiger charge is -2.30. The summed E-state index contributed by atoms with van der Waals surface area (Å²) in [7, 11) is -2.04. The molecule has 0 N–H and O–H groups in total. The summed E-state index contributed by atoms with van der Waals surface area (Å²) in [5.74, 6) is 0. The molecule has 2 rings (SSSR count). The number of benzene rings is 1. The molecule has 1 atom stereocenters.